The van der Waals surface area contributed by atoms with Gasteiger partial charge in [-0.05, 0) is 131 Å². The Balaban J connectivity index is 0.00000192. The molecule has 538 valence electrons. The van der Waals surface area contributed by atoms with Crippen molar-refractivity contribution in [2.24, 2.45) is 0 Å². The lowest BCUT2D eigenvalue weighted by Gasteiger charge is -2.27. The number of urea groups is 1. The number of carboxylic acids is 3. The van der Waals surface area contributed by atoms with Gasteiger partial charge in [0.2, 0.25) is 17.5 Å². The Labute approximate surface area is 573 Å². The zero-order valence-electron chi connectivity index (χ0n) is 54.9. The molecule has 1 aliphatic carbocycles. The highest BCUT2D eigenvalue weighted by atomic mass is 32.2. The molecule has 0 fully saturated rings. The Morgan fingerprint density at radius 2 is 1.28 bits per heavy atom. The highest BCUT2D eigenvalue weighted by molar-refractivity contribution is 7.85. The summed E-state index contributed by atoms with van der Waals surface area (Å²) in [6.07, 6.45) is 15.6. The van der Waals surface area contributed by atoms with Crippen LogP contribution >= 0.6 is 0 Å². The number of para-hydroxylation sites is 2. The van der Waals surface area contributed by atoms with Crippen LogP contribution in [0.2, 0.25) is 0 Å². The standard InChI is InChI=1S/C64H84N6O15S.3O3S/c1-6-7-37-69-52-25-14-13-23-48(52)63(2,3)54(69)32-27-44-19-18-20-45(59(44)85-46-21-10-8-11-22-46)28-33-55-64(4,5)49-42-47(86(80,81)82)29-31-53(49)70(55)38-17-9-12-26-56(71)66-36-39-83-40-41-84-43-57(72)65-35-16-15-24-50(60(75)76)67-62(79)68-51(61(77)78)30-34-58(73)74;3*1-4(2)3/h8,10-11,13-14,21-23,25,27-29,31-33,42,50-51H,6-7,9,12,15-20,24,26,30,34-41,43H2,1-5H3,(H7-,65,66,67,68,71,72,73,74,75,76,77,78,79,80,81,82);;;/t50-,51-;;;/m0.../s1. The SMILES string of the molecule is CCCC[N+]1=C(C=CC2=C(Oc3ccccc3)C(=CC=C3N(CCCCCC(=O)NCCOCCOCC(=O)NCCCC[C@H](NC(=O)N[C@@H](CCC(=O)O)C(=O)O)C(=O)O)c4ccc(S(=O)(=O)[O-])cc4C3(C)C)CCC2)C(C)(C)c2ccccc21.O=S(=O)=O.O=S(=O)=O.O=S(=O)=O. The molecular formula is C64H84N6O24S4. The number of carbonyl (C=O) groups is 6. The predicted octanol–water partition coefficient (Wildman–Crippen LogP) is 5.50. The average Bonchev–Trinajstić information content (AvgIpc) is 1.60. The zero-order chi connectivity index (χ0) is 73.2. The lowest BCUT2D eigenvalue weighted by Crippen LogP contribution is -2.51. The van der Waals surface area contributed by atoms with Gasteiger partial charge in [-0.15, -0.1) is 37.9 Å². The number of ether oxygens (including phenoxy) is 3. The number of benzene rings is 3. The van der Waals surface area contributed by atoms with Crippen LogP contribution in [0.3, 0.4) is 0 Å². The van der Waals surface area contributed by atoms with E-state index in [9.17, 15) is 52.0 Å². The minimum absolute atomic E-state index is 0.0141. The summed E-state index contributed by atoms with van der Waals surface area (Å²) in [5.41, 5.74) is 7.53. The van der Waals surface area contributed by atoms with Gasteiger partial charge in [-0.1, -0.05) is 76.1 Å². The summed E-state index contributed by atoms with van der Waals surface area (Å²) in [5.74, 6) is -3.05. The molecule has 98 heavy (non-hydrogen) atoms. The molecule has 7 N–H and O–H groups in total. The van der Waals surface area contributed by atoms with E-state index in [4.69, 9.17) is 57.2 Å². The summed E-state index contributed by atoms with van der Waals surface area (Å²) in [5, 5.41) is 37.3. The molecule has 0 bridgehead atoms. The Kier molecular flexibility index (Phi) is 35.8. The van der Waals surface area contributed by atoms with Gasteiger partial charge in [0.1, 0.15) is 46.9 Å². The number of amides is 4. The molecule has 0 saturated heterocycles. The molecule has 6 rings (SSSR count). The summed E-state index contributed by atoms with van der Waals surface area (Å²) in [7, 11) is -14.1. The highest BCUT2D eigenvalue weighted by Crippen LogP contribution is 2.49. The van der Waals surface area contributed by atoms with Gasteiger partial charge >= 0.3 is 55.8 Å². The summed E-state index contributed by atoms with van der Waals surface area (Å²) < 4.78 is 133. The van der Waals surface area contributed by atoms with Crippen LogP contribution in [-0.4, -0.2) is 177 Å². The average molecular weight is 1450 g/mol. The largest absolute Gasteiger partial charge is 0.744 e. The van der Waals surface area contributed by atoms with Crippen molar-refractivity contribution in [2.75, 3.05) is 57.5 Å². The number of unbranched alkanes of at least 4 members (excludes halogenated alkanes) is 4. The van der Waals surface area contributed by atoms with Crippen LogP contribution in [0, 0.1) is 0 Å². The number of rotatable bonds is 35. The van der Waals surface area contributed by atoms with Crippen LogP contribution in [0.1, 0.15) is 136 Å². The van der Waals surface area contributed by atoms with Gasteiger partial charge in [0.15, 0.2) is 5.71 Å². The van der Waals surface area contributed by atoms with Crippen LogP contribution in [0.5, 0.6) is 5.75 Å². The minimum Gasteiger partial charge on any atom is -0.744 e. The van der Waals surface area contributed by atoms with Crippen LogP contribution in [0.4, 0.5) is 16.2 Å². The molecule has 0 saturated carbocycles. The van der Waals surface area contributed by atoms with Gasteiger partial charge in [0.05, 0.1) is 30.1 Å². The van der Waals surface area contributed by atoms with E-state index < -0.39 is 95.7 Å². The topological polar surface area (TPSA) is 456 Å². The molecule has 30 nitrogen and oxygen atoms in total. The van der Waals surface area contributed by atoms with Crippen molar-refractivity contribution in [3.05, 3.63) is 131 Å². The van der Waals surface area contributed by atoms with E-state index in [2.05, 4.69) is 100 Å². The van der Waals surface area contributed by atoms with Crippen LogP contribution in [-0.2, 0) is 86.2 Å². The van der Waals surface area contributed by atoms with E-state index in [1.54, 1.807) is 6.07 Å². The normalized spacial score (nSPS) is 15.6. The molecule has 0 aromatic heterocycles. The van der Waals surface area contributed by atoms with E-state index >= 15 is 0 Å². The second-order valence-corrected chi connectivity index (χ2v) is 25.9. The van der Waals surface area contributed by atoms with Crippen molar-refractivity contribution in [1.29, 1.82) is 0 Å². The first-order valence-corrected chi connectivity index (χ1v) is 35.5. The second-order valence-electron chi connectivity index (χ2n) is 23.3. The quantitative estimate of drug-likeness (QED) is 0.0217. The van der Waals surface area contributed by atoms with Crippen molar-refractivity contribution < 1.29 is 114 Å². The van der Waals surface area contributed by atoms with Gasteiger partial charge in [0.25, 0.3) is 0 Å². The summed E-state index contributed by atoms with van der Waals surface area (Å²) in [6, 6.07) is 19.1. The van der Waals surface area contributed by atoms with E-state index in [-0.39, 0.29) is 68.6 Å². The maximum atomic E-state index is 12.8. The molecule has 3 aromatic rings. The molecule has 2 aliphatic heterocycles. The minimum atomic E-state index is -4.72. The molecule has 34 heteroatoms. The Morgan fingerprint density at radius 3 is 1.90 bits per heavy atom. The van der Waals surface area contributed by atoms with Gasteiger partial charge in [-0.2, -0.15) is 4.58 Å². The van der Waals surface area contributed by atoms with Gasteiger partial charge in [-0.3, -0.25) is 14.4 Å². The molecule has 3 aliphatic rings. The van der Waals surface area contributed by atoms with Crippen molar-refractivity contribution in [2.45, 2.75) is 152 Å². The number of nitrogens with zero attached hydrogens (tertiary/aromatic N) is 2. The summed E-state index contributed by atoms with van der Waals surface area (Å²) in [4.78, 5) is 72.9. The first kappa shape index (κ1) is 83.4. The lowest BCUT2D eigenvalue weighted by atomic mass is 9.81. The first-order valence-electron chi connectivity index (χ1n) is 31.1. The highest BCUT2D eigenvalue weighted by Gasteiger charge is 2.44. The van der Waals surface area contributed by atoms with Crippen LogP contribution < -0.4 is 30.9 Å². The smallest absolute Gasteiger partial charge is 0.425 e. The van der Waals surface area contributed by atoms with Gasteiger partial charge < -0.3 is 60.2 Å². The Morgan fingerprint density at radius 1 is 0.663 bits per heavy atom. The molecule has 0 spiro atoms. The van der Waals surface area contributed by atoms with Crippen molar-refractivity contribution in [3.63, 3.8) is 0 Å². The maximum absolute atomic E-state index is 12.8. The monoisotopic (exact) mass is 1450 g/mol. The third-order valence-electron chi connectivity index (χ3n) is 15.6. The van der Waals surface area contributed by atoms with E-state index in [1.807, 2.05) is 44.2 Å². The number of carboxylic acid groups (broad SMARTS) is 3. The van der Waals surface area contributed by atoms with E-state index in [0.29, 0.717) is 32.2 Å². The van der Waals surface area contributed by atoms with Gasteiger partial charge in [-0.25, -0.2) is 22.8 Å². The second kappa shape index (κ2) is 42.1. The lowest BCUT2D eigenvalue weighted by molar-refractivity contribution is -0.438. The number of aliphatic carboxylic acids is 3. The number of carbonyl (C=O) groups excluding carboxylic acids is 3. The first-order chi connectivity index (χ1) is 46.2. The third kappa shape index (κ3) is 29.1. The summed E-state index contributed by atoms with van der Waals surface area (Å²) in [6.45, 7) is 13.1. The van der Waals surface area contributed by atoms with Crippen molar-refractivity contribution >= 4 is 94.8 Å². The Bertz CT molecular complexity index is 3830. The zero-order valence-corrected chi connectivity index (χ0v) is 58.2. The Hall–Kier alpha value is -8.80. The fraction of sp³-hybridized carbons (Fsp3) is 0.484. The number of allylic oxidation sites excluding steroid dienone is 7. The third-order valence-corrected chi connectivity index (χ3v) is 16.4. The molecule has 4 amide bonds. The predicted molar refractivity (Wildman–Crippen MR) is 353 cm³/mol. The van der Waals surface area contributed by atoms with Crippen LogP contribution in [0.15, 0.2) is 125 Å². The molecule has 2 atom stereocenters. The molecule has 3 aromatic carbocycles. The number of hydrogen-bond acceptors (Lipinski definition) is 22. The van der Waals surface area contributed by atoms with E-state index in [0.717, 1.165) is 91.1 Å². The molecule has 2 heterocycles. The molecular weight excluding hydrogens is 1360 g/mol. The van der Waals surface area contributed by atoms with Crippen LogP contribution in [0.25, 0.3) is 0 Å². The number of anilines is 1. The van der Waals surface area contributed by atoms with Gasteiger partial charge in [0, 0.05) is 73.4 Å². The number of fused-ring (bicyclic) bond motifs is 2. The number of nitrogens with one attached hydrogen (secondary N) is 4. The van der Waals surface area contributed by atoms with E-state index in [1.165, 1.54) is 29.1 Å². The maximum Gasteiger partial charge on any atom is 0.425 e. The summed E-state index contributed by atoms with van der Waals surface area (Å²) >= 11 is 0. The molecule has 0 radical (unpaired) electrons. The van der Waals surface area contributed by atoms with Crippen molar-refractivity contribution in [3.8, 4) is 5.75 Å². The van der Waals surface area contributed by atoms with Crippen molar-refractivity contribution in [1.82, 2.24) is 21.3 Å². The fourth-order valence-corrected chi connectivity index (χ4v) is 11.4. The number of hydrogen-bond donors (Lipinski definition) is 7. The molecule has 0 unspecified atom stereocenters. The fourth-order valence-electron chi connectivity index (χ4n) is 10.9.